The van der Waals surface area contributed by atoms with Crippen molar-refractivity contribution in [1.82, 2.24) is 5.43 Å². The molecular formula is C12H14N2O2. The van der Waals surface area contributed by atoms with Crippen molar-refractivity contribution in [3.8, 4) is 5.75 Å². The summed E-state index contributed by atoms with van der Waals surface area (Å²) >= 11 is 0. The van der Waals surface area contributed by atoms with Crippen molar-refractivity contribution >= 4 is 12.1 Å². The molecule has 0 atom stereocenters. The van der Waals surface area contributed by atoms with E-state index in [1.165, 1.54) is 6.21 Å². The number of nitrogens with zero attached hydrogens (tertiary/aromatic N) is 1. The lowest BCUT2D eigenvalue weighted by Crippen LogP contribution is -2.24. The van der Waals surface area contributed by atoms with Gasteiger partial charge in [-0.3, -0.25) is 4.79 Å². The van der Waals surface area contributed by atoms with Crippen molar-refractivity contribution in [3.63, 3.8) is 0 Å². The summed E-state index contributed by atoms with van der Waals surface area (Å²) in [5.74, 6) is 0.375. The van der Waals surface area contributed by atoms with Crippen LogP contribution >= 0.6 is 0 Å². The van der Waals surface area contributed by atoms with E-state index >= 15 is 0 Å². The number of amides is 1. The van der Waals surface area contributed by atoms with E-state index in [1.54, 1.807) is 18.2 Å². The maximum absolute atomic E-state index is 11.2. The number of carbonyl (C=O) groups excluding carboxylic acids is 1. The van der Waals surface area contributed by atoms with Crippen molar-refractivity contribution in [2.75, 3.05) is 6.61 Å². The van der Waals surface area contributed by atoms with Crippen LogP contribution < -0.4 is 10.2 Å². The maximum atomic E-state index is 11.2. The zero-order valence-corrected chi connectivity index (χ0v) is 9.09. The molecule has 0 unspecified atom stereocenters. The normalized spacial score (nSPS) is 10.8. The number of allylic oxidation sites excluding steroid dienone is 2. The Hall–Kier alpha value is -2.10. The van der Waals surface area contributed by atoms with Crippen LogP contribution in [-0.4, -0.2) is 18.7 Å². The number of benzene rings is 1. The second kappa shape index (κ2) is 7.23. The fourth-order valence-electron chi connectivity index (χ4n) is 0.936. The highest BCUT2D eigenvalue weighted by Gasteiger charge is 1.99. The monoisotopic (exact) mass is 218 g/mol. The highest BCUT2D eigenvalue weighted by Crippen LogP contribution is 2.07. The molecule has 1 rings (SSSR count). The summed E-state index contributed by atoms with van der Waals surface area (Å²) in [5, 5.41) is 3.68. The molecule has 16 heavy (non-hydrogen) atoms. The van der Waals surface area contributed by atoms with Gasteiger partial charge >= 0.3 is 0 Å². The molecule has 84 valence electrons. The summed E-state index contributed by atoms with van der Waals surface area (Å²) in [4.78, 5) is 11.2. The summed E-state index contributed by atoms with van der Waals surface area (Å²) in [6.07, 6.45) is 5.04. The molecule has 1 N–H and O–H groups in total. The van der Waals surface area contributed by atoms with E-state index in [2.05, 4.69) is 10.5 Å². The third kappa shape index (κ3) is 4.95. The van der Waals surface area contributed by atoms with Gasteiger partial charge in [0.25, 0.3) is 5.91 Å². The van der Waals surface area contributed by atoms with Gasteiger partial charge in [-0.25, -0.2) is 5.43 Å². The second-order valence-electron chi connectivity index (χ2n) is 2.94. The van der Waals surface area contributed by atoms with Gasteiger partial charge in [-0.15, -0.1) is 0 Å². The topological polar surface area (TPSA) is 50.7 Å². The smallest absolute Gasteiger partial charge is 0.277 e. The molecule has 0 heterocycles. The molecule has 4 nitrogen and oxygen atoms in total. The Morgan fingerprint density at radius 2 is 2.19 bits per heavy atom. The van der Waals surface area contributed by atoms with E-state index in [0.29, 0.717) is 5.75 Å². The Balaban J connectivity index is 2.25. The van der Waals surface area contributed by atoms with Gasteiger partial charge in [0.1, 0.15) is 5.75 Å². The van der Waals surface area contributed by atoms with E-state index < -0.39 is 0 Å². The van der Waals surface area contributed by atoms with Gasteiger partial charge in [0, 0.05) is 6.21 Å². The van der Waals surface area contributed by atoms with E-state index in [-0.39, 0.29) is 12.5 Å². The second-order valence-corrected chi connectivity index (χ2v) is 2.94. The Bertz CT molecular complexity index is 372. The highest BCUT2D eigenvalue weighted by molar-refractivity contribution is 5.79. The Kier molecular flexibility index (Phi) is 5.41. The van der Waals surface area contributed by atoms with Gasteiger partial charge in [0.15, 0.2) is 6.61 Å². The Morgan fingerprint density at radius 3 is 2.88 bits per heavy atom. The van der Waals surface area contributed by atoms with Crippen LogP contribution in [0, 0.1) is 0 Å². The molecule has 0 bridgehead atoms. The Labute approximate surface area is 94.6 Å². The molecule has 0 fully saturated rings. The molecule has 0 aliphatic carbocycles. The summed E-state index contributed by atoms with van der Waals surface area (Å²) in [5.41, 5.74) is 2.34. The van der Waals surface area contributed by atoms with Crippen LogP contribution in [0.2, 0.25) is 0 Å². The van der Waals surface area contributed by atoms with E-state index in [1.807, 2.05) is 31.2 Å². The van der Waals surface area contributed by atoms with E-state index in [9.17, 15) is 4.79 Å². The molecule has 4 heteroatoms. The SMILES string of the molecule is C/C=C/C=N/NC(=O)COc1ccccc1. The average molecular weight is 218 g/mol. The van der Waals surface area contributed by atoms with E-state index in [0.717, 1.165) is 0 Å². The van der Waals surface area contributed by atoms with Crippen LogP contribution in [0.1, 0.15) is 6.92 Å². The number of para-hydroxylation sites is 1. The van der Waals surface area contributed by atoms with Gasteiger partial charge in [0.05, 0.1) is 0 Å². The fraction of sp³-hybridized carbons (Fsp3) is 0.167. The maximum Gasteiger partial charge on any atom is 0.277 e. The van der Waals surface area contributed by atoms with Crippen molar-refractivity contribution < 1.29 is 9.53 Å². The lowest BCUT2D eigenvalue weighted by molar-refractivity contribution is -0.123. The predicted molar refractivity (Wildman–Crippen MR) is 63.4 cm³/mol. The minimum absolute atomic E-state index is 0.0445. The van der Waals surface area contributed by atoms with Crippen LogP contribution in [0.4, 0.5) is 0 Å². The highest BCUT2D eigenvalue weighted by atomic mass is 16.5. The van der Waals surface area contributed by atoms with Crippen molar-refractivity contribution in [3.05, 3.63) is 42.5 Å². The van der Waals surface area contributed by atoms with Crippen LogP contribution in [0.15, 0.2) is 47.6 Å². The molecule has 0 spiro atoms. The summed E-state index contributed by atoms with van der Waals surface area (Å²) in [6, 6.07) is 9.15. The van der Waals surface area contributed by atoms with Crippen molar-refractivity contribution in [1.29, 1.82) is 0 Å². The van der Waals surface area contributed by atoms with Crippen molar-refractivity contribution in [2.45, 2.75) is 6.92 Å². The van der Waals surface area contributed by atoms with Gasteiger partial charge < -0.3 is 4.74 Å². The molecule has 0 aliphatic rings. The Morgan fingerprint density at radius 1 is 1.44 bits per heavy atom. The van der Waals surface area contributed by atoms with Gasteiger partial charge in [0.2, 0.25) is 0 Å². The average Bonchev–Trinajstić information content (AvgIpc) is 2.33. The van der Waals surface area contributed by atoms with Gasteiger partial charge in [-0.1, -0.05) is 24.3 Å². The van der Waals surface area contributed by atoms with Crippen molar-refractivity contribution in [2.24, 2.45) is 5.10 Å². The number of hydrazone groups is 1. The summed E-state index contributed by atoms with van der Waals surface area (Å²) in [6.45, 7) is 1.82. The zero-order valence-electron chi connectivity index (χ0n) is 9.09. The van der Waals surface area contributed by atoms with Crippen LogP contribution in [-0.2, 0) is 4.79 Å². The molecule has 0 saturated heterocycles. The van der Waals surface area contributed by atoms with Crippen LogP contribution in [0.5, 0.6) is 5.75 Å². The molecule has 1 aromatic rings. The molecule has 0 radical (unpaired) electrons. The third-order valence-electron chi connectivity index (χ3n) is 1.66. The quantitative estimate of drug-likeness (QED) is 0.604. The van der Waals surface area contributed by atoms with Gasteiger partial charge in [-0.05, 0) is 25.1 Å². The lowest BCUT2D eigenvalue weighted by Gasteiger charge is -2.03. The standard InChI is InChI=1S/C12H14N2O2/c1-2-3-9-13-14-12(15)10-16-11-7-5-4-6-8-11/h2-9H,10H2,1H3,(H,14,15)/b3-2+,13-9+. The molecule has 0 aromatic heterocycles. The number of hydrogen-bond acceptors (Lipinski definition) is 3. The summed E-state index contributed by atoms with van der Waals surface area (Å²) in [7, 11) is 0. The molecule has 0 aliphatic heterocycles. The van der Waals surface area contributed by atoms with Gasteiger partial charge in [-0.2, -0.15) is 5.10 Å². The number of ether oxygens (including phenoxy) is 1. The largest absolute Gasteiger partial charge is 0.484 e. The fourth-order valence-corrected chi connectivity index (χ4v) is 0.936. The minimum atomic E-state index is -0.287. The van der Waals surface area contributed by atoms with E-state index in [4.69, 9.17) is 4.74 Å². The number of carbonyl (C=O) groups is 1. The first-order valence-electron chi connectivity index (χ1n) is 4.94. The first kappa shape index (κ1) is 12.0. The van der Waals surface area contributed by atoms with Crippen LogP contribution in [0.3, 0.4) is 0 Å². The number of rotatable bonds is 5. The predicted octanol–water partition coefficient (Wildman–Crippen LogP) is 1.74. The van der Waals surface area contributed by atoms with Crippen LogP contribution in [0.25, 0.3) is 0 Å². The minimum Gasteiger partial charge on any atom is -0.484 e. The molecule has 1 aromatic carbocycles. The summed E-state index contributed by atoms with van der Waals surface area (Å²) < 4.78 is 5.22. The first-order valence-corrected chi connectivity index (χ1v) is 4.94. The number of hydrogen-bond donors (Lipinski definition) is 1. The first-order chi connectivity index (χ1) is 7.83. The molecule has 1 amide bonds. The lowest BCUT2D eigenvalue weighted by atomic mass is 10.3. The zero-order chi connectivity index (χ0) is 11.6. The third-order valence-corrected chi connectivity index (χ3v) is 1.66. The molecule has 0 saturated carbocycles. The molecular weight excluding hydrogens is 204 g/mol. The number of nitrogens with one attached hydrogen (secondary N) is 1.